The third-order valence-corrected chi connectivity index (χ3v) is 3.47. The average Bonchev–Trinajstić information content (AvgIpc) is 2.52. The van der Waals surface area contributed by atoms with E-state index in [9.17, 15) is 0 Å². The summed E-state index contributed by atoms with van der Waals surface area (Å²) in [5, 5.41) is 3.49. The monoisotopic (exact) mass is 268 g/mol. The molecule has 2 rings (SSSR count). The number of rotatable bonds is 8. The zero-order valence-electron chi connectivity index (χ0n) is 12.3. The molecule has 0 spiro atoms. The number of hydrogen-bond acceptors (Lipinski definition) is 2. The largest absolute Gasteiger partial charge is 0.317 e. The van der Waals surface area contributed by atoms with Crippen molar-refractivity contribution in [2.24, 2.45) is 0 Å². The van der Waals surface area contributed by atoms with Crippen LogP contribution in [-0.4, -0.2) is 18.1 Å². The molecule has 0 atom stereocenters. The van der Waals surface area contributed by atoms with Gasteiger partial charge in [0.15, 0.2) is 0 Å². The lowest BCUT2D eigenvalue weighted by Gasteiger charge is -2.05. The van der Waals surface area contributed by atoms with Crippen LogP contribution in [0, 0.1) is 0 Å². The third-order valence-electron chi connectivity index (χ3n) is 3.47. The van der Waals surface area contributed by atoms with Crippen LogP contribution < -0.4 is 5.32 Å². The highest BCUT2D eigenvalue weighted by atomic mass is 14.8. The molecule has 0 radical (unpaired) electrons. The number of hydrogen-bond donors (Lipinski definition) is 1. The fourth-order valence-corrected chi connectivity index (χ4v) is 2.24. The molecule has 2 heteroatoms. The SMILES string of the molecule is CCCCNCCCc1ccc(-c2cccnc2)cc1. The predicted molar refractivity (Wildman–Crippen MR) is 85.8 cm³/mol. The van der Waals surface area contributed by atoms with Gasteiger partial charge in [-0.05, 0) is 55.1 Å². The lowest BCUT2D eigenvalue weighted by atomic mass is 10.0. The maximum absolute atomic E-state index is 4.16. The Hall–Kier alpha value is -1.67. The zero-order valence-corrected chi connectivity index (χ0v) is 12.3. The first-order chi connectivity index (χ1) is 9.90. The molecule has 0 saturated carbocycles. The van der Waals surface area contributed by atoms with Crippen molar-refractivity contribution in [3.8, 4) is 11.1 Å². The van der Waals surface area contributed by atoms with E-state index in [1.165, 1.54) is 36.0 Å². The summed E-state index contributed by atoms with van der Waals surface area (Å²) in [5.41, 5.74) is 3.83. The van der Waals surface area contributed by atoms with Crippen molar-refractivity contribution in [2.45, 2.75) is 32.6 Å². The second kappa shape index (κ2) is 8.49. The van der Waals surface area contributed by atoms with Crippen molar-refractivity contribution in [3.63, 3.8) is 0 Å². The van der Waals surface area contributed by atoms with Crippen molar-refractivity contribution in [2.75, 3.05) is 13.1 Å². The van der Waals surface area contributed by atoms with Gasteiger partial charge in [0.05, 0.1) is 0 Å². The first-order valence-corrected chi connectivity index (χ1v) is 7.60. The Morgan fingerprint density at radius 2 is 1.75 bits per heavy atom. The van der Waals surface area contributed by atoms with Gasteiger partial charge in [0.2, 0.25) is 0 Å². The van der Waals surface area contributed by atoms with Crippen LogP contribution in [0.5, 0.6) is 0 Å². The first kappa shape index (κ1) is 14.7. The van der Waals surface area contributed by atoms with E-state index in [1.54, 1.807) is 0 Å². The van der Waals surface area contributed by atoms with Gasteiger partial charge in [-0.3, -0.25) is 4.98 Å². The molecule has 0 bridgehead atoms. The molecule has 0 unspecified atom stereocenters. The maximum atomic E-state index is 4.16. The fourth-order valence-electron chi connectivity index (χ4n) is 2.24. The molecule has 2 aromatic rings. The minimum Gasteiger partial charge on any atom is -0.317 e. The average molecular weight is 268 g/mol. The highest BCUT2D eigenvalue weighted by Gasteiger charge is 1.98. The number of pyridine rings is 1. The van der Waals surface area contributed by atoms with Crippen molar-refractivity contribution in [1.82, 2.24) is 10.3 Å². The van der Waals surface area contributed by atoms with E-state index in [-0.39, 0.29) is 0 Å². The van der Waals surface area contributed by atoms with Gasteiger partial charge in [0, 0.05) is 12.4 Å². The van der Waals surface area contributed by atoms with Crippen molar-refractivity contribution >= 4 is 0 Å². The molecule has 0 saturated heterocycles. The summed E-state index contributed by atoms with van der Waals surface area (Å²) < 4.78 is 0. The zero-order chi connectivity index (χ0) is 14.0. The maximum Gasteiger partial charge on any atom is 0.0346 e. The Balaban J connectivity index is 1.77. The van der Waals surface area contributed by atoms with E-state index in [4.69, 9.17) is 0 Å². The third kappa shape index (κ3) is 4.78. The minimum absolute atomic E-state index is 1.12. The Labute approximate surface area is 122 Å². The van der Waals surface area contributed by atoms with E-state index in [1.807, 2.05) is 18.5 Å². The van der Waals surface area contributed by atoms with Gasteiger partial charge < -0.3 is 5.32 Å². The van der Waals surface area contributed by atoms with Crippen LogP contribution in [0.25, 0.3) is 11.1 Å². The summed E-state index contributed by atoms with van der Waals surface area (Å²) in [5.74, 6) is 0. The summed E-state index contributed by atoms with van der Waals surface area (Å²) in [7, 11) is 0. The Kier molecular flexibility index (Phi) is 6.25. The molecule has 1 heterocycles. The van der Waals surface area contributed by atoms with Crippen LogP contribution >= 0.6 is 0 Å². The number of aromatic nitrogens is 1. The number of unbranched alkanes of at least 4 members (excludes halogenated alkanes) is 1. The molecule has 0 aliphatic carbocycles. The predicted octanol–water partition coefficient (Wildman–Crippen LogP) is 4.07. The van der Waals surface area contributed by atoms with Gasteiger partial charge >= 0.3 is 0 Å². The fraction of sp³-hybridized carbons (Fsp3) is 0.389. The lowest BCUT2D eigenvalue weighted by Crippen LogP contribution is -2.16. The molecule has 0 aliphatic heterocycles. The Bertz CT molecular complexity index is 477. The molecule has 0 fully saturated rings. The van der Waals surface area contributed by atoms with Crippen LogP contribution in [0.3, 0.4) is 0 Å². The first-order valence-electron chi connectivity index (χ1n) is 7.60. The molecular formula is C18H24N2. The molecular weight excluding hydrogens is 244 g/mol. The summed E-state index contributed by atoms with van der Waals surface area (Å²) in [6.07, 6.45) is 8.61. The molecule has 106 valence electrons. The lowest BCUT2D eigenvalue weighted by molar-refractivity contribution is 0.617. The summed E-state index contributed by atoms with van der Waals surface area (Å²) >= 11 is 0. The van der Waals surface area contributed by atoms with E-state index >= 15 is 0 Å². The Morgan fingerprint density at radius 3 is 2.45 bits per heavy atom. The second-order valence-corrected chi connectivity index (χ2v) is 5.15. The Morgan fingerprint density at radius 1 is 0.950 bits per heavy atom. The summed E-state index contributed by atoms with van der Waals surface area (Å²) in [6.45, 7) is 4.49. The van der Waals surface area contributed by atoms with Crippen LogP contribution in [0.4, 0.5) is 0 Å². The van der Waals surface area contributed by atoms with Gasteiger partial charge in [0.1, 0.15) is 0 Å². The van der Waals surface area contributed by atoms with E-state index < -0.39 is 0 Å². The van der Waals surface area contributed by atoms with Gasteiger partial charge in [-0.1, -0.05) is 43.7 Å². The highest BCUT2D eigenvalue weighted by Crippen LogP contribution is 2.18. The number of nitrogens with zero attached hydrogens (tertiary/aromatic N) is 1. The molecule has 0 aliphatic rings. The van der Waals surface area contributed by atoms with Gasteiger partial charge in [0.25, 0.3) is 0 Å². The normalized spacial score (nSPS) is 10.7. The second-order valence-electron chi connectivity index (χ2n) is 5.15. The van der Waals surface area contributed by atoms with Gasteiger partial charge in [-0.2, -0.15) is 0 Å². The van der Waals surface area contributed by atoms with E-state index in [2.05, 4.69) is 47.6 Å². The molecule has 1 aromatic heterocycles. The van der Waals surface area contributed by atoms with Crippen LogP contribution in [0.15, 0.2) is 48.8 Å². The number of aryl methyl sites for hydroxylation is 1. The summed E-state index contributed by atoms with van der Waals surface area (Å²) in [4.78, 5) is 4.16. The van der Waals surface area contributed by atoms with Gasteiger partial charge in [-0.25, -0.2) is 0 Å². The summed E-state index contributed by atoms with van der Waals surface area (Å²) in [6, 6.07) is 12.9. The molecule has 0 amide bonds. The minimum atomic E-state index is 1.12. The smallest absolute Gasteiger partial charge is 0.0346 e. The van der Waals surface area contributed by atoms with E-state index in [0.29, 0.717) is 0 Å². The number of benzene rings is 1. The quantitative estimate of drug-likeness (QED) is 0.730. The molecule has 2 nitrogen and oxygen atoms in total. The number of nitrogens with one attached hydrogen (secondary N) is 1. The van der Waals surface area contributed by atoms with Crippen LogP contribution in [0.1, 0.15) is 31.7 Å². The van der Waals surface area contributed by atoms with Crippen LogP contribution in [-0.2, 0) is 6.42 Å². The van der Waals surface area contributed by atoms with E-state index in [0.717, 1.165) is 19.5 Å². The topological polar surface area (TPSA) is 24.9 Å². The molecule has 20 heavy (non-hydrogen) atoms. The highest BCUT2D eigenvalue weighted by molar-refractivity contribution is 5.62. The molecule has 1 N–H and O–H groups in total. The van der Waals surface area contributed by atoms with Crippen molar-refractivity contribution in [1.29, 1.82) is 0 Å². The van der Waals surface area contributed by atoms with Crippen molar-refractivity contribution in [3.05, 3.63) is 54.4 Å². The van der Waals surface area contributed by atoms with Gasteiger partial charge in [-0.15, -0.1) is 0 Å². The molecule has 1 aromatic carbocycles. The standard InChI is InChI=1S/C18H24N2/c1-2-3-12-19-13-4-6-16-8-10-17(11-9-16)18-7-5-14-20-15-18/h5,7-11,14-15,19H,2-4,6,12-13H2,1H3. The van der Waals surface area contributed by atoms with Crippen molar-refractivity contribution < 1.29 is 0 Å². The van der Waals surface area contributed by atoms with Crippen LogP contribution in [0.2, 0.25) is 0 Å².